The van der Waals surface area contributed by atoms with E-state index in [1.54, 1.807) is 6.07 Å². The third kappa shape index (κ3) is 3.69. The lowest BCUT2D eigenvalue weighted by atomic mass is 9.92. The van der Waals surface area contributed by atoms with Crippen molar-refractivity contribution < 1.29 is 4.79 Å². The normalized spacial score (nSPS) is 21.4. The average Bonchev–Trinajstić information content (AvgIpc) is 2.95. The summed E-state index contributed by atoms with van der Waals surface area (Å²) < 4.78 is 0. The number of aromatic nitrogens is 4. The minimum atomic E-state index is 0.0338. The summed E-state index contributed by atoms with van der Waals surface area (Å²) in [5.41, 5.74) is 0.716. The molecule has 1 aromatic heterocycles. The van der Waals surface area contributed by atoms with Crippen LogP contribution in [-0.2, 0) is 11.3 Å². The summed E-state index contributed by atoms with van der Waals surface area (Å²) in [6.45, 7) is 6.07. The van der Waals surface area contributed by atoms with Gasteiger partial charge in [0.2, 0.25) is 11.7 Å². The molecule has 0 aliphatic carbocycles. The highest BCUT2D eigenvalue weighted by Gasteiger charge is 2.26. The van der Waals surface area contributed by atoms with E-state index in [4.69, 9.17) is 11.6 Å². The Morgan fingerprint density at radius 3 is 2.65 bits per heavy atom. The number of likely N-dealkylation sites (tertiary alicyclic amines) is 1. The first-order valence-electron chi connectivity index (χ1n) is 7.83. The molecule has 23 heavy (non-hydrogen) atoms. The van der Waals surface area contributed by atoms with Crippen LogP contribution in [0.4, 0.5) is 0 Å². The summed E-state index contributed by atoms with van der Waals surface area (Å²) in [4.78, 5) is 15.7. The molecule has 0 N–H and O–H groups in total. The molecule has 1 aliphatic rings. The molecule has 0 bridgehead atoms. The number of halogens is 1. The molecule has 0 radical (unpaired) electrons. The van der Waals surface area contributed by atoms with Crippen LogP contribution in [0.25, 0.3) is 11.4 Å². The van der Waals surface area contributed by atoms with Gasteiger partial charge in [0, 0.05) is 18.7 Å². The summed E-state index contributed by atoms with van der Waals surface area (Å²) in [6, 6.07) is 7.32. The van der Waals surface area contributed by atoms with Gasteiger partial charge in [-0.2, -0.15) is 4.80 Å². The number of rotatable bonds is 3. The molecule has 1 aliphatic heterocycles. The first kappa shape index (κ1) is 15.9. The molecule has 0 unspecified atom stereocenters. The van der Waals surface area contributed by atoms with Crippen LogP contribution in [0.1, 0.15) is 20.3 Å². The Kier molecular flexibility index (Phi) is 4.61. The van der Waals surface area contributed by atoms with Crippen molar-refractivity contribution in [2.75, 3.05) is 13.1 Å². The van der Waals surface area contributed by atoms with Crippen LogP contribution in [-0.4, -0.2) is 44.1 Å². The highest BCUT2D eigenvalue weighted by atomic mass is 35.5. The standard InChI is InChI=1S/C16H20ClN5O/c1-11-7-12(2)9-21(8-11)15(23)10-22-19-16(18-20-22)13-5-3-4-6-14(13)17/h3-6,11-12H,7-10H2,1-2H3/t11-,12-/m0/s1. The molecule has 3 rings (SSSR count). The smallest absolute Gasteiger partial charge is 0.246 e. The molecule has 6 nitrogen and oxygen atoms in total. The van der Waals surface area contributed by atoms with E-state index in [2.05, 4.69) is 29.3 Å². The zero-order chi connectivity index (χ0) is 16.4. The lowest BCUT2D eigenvalue weighted by molar-refractivity contribution is -0.135. The van der Waals surface area contributed by atoms with E-state index in [0.717, 1.165) is 13.1 Å². The van der Waals surface area contributed by atoms with Crippen LogP contribution in [0.5, 0.6) is 0 Å². The number of carbonyl (C=O) groups excluding carboxylic acids is 1. The fourth-order valence-electron chi connectivity index (χ4n) is 3.15. The Hall–Kier alpha value is -1.95. The van der Waals surface area contributed by atoms with Crippen LogP contribution in [0.15, 0.2) is 24.3 Å². The SMILES string of the molecule is C[C@H]1C[C@H](C)CN(C(=O)Cn2nnc(-c3ccccc3Cl)n2)C1. The number of carbonyl (C=O) groups is 1. The first-order valence-corrected chi connectivity index (χ1v) is 8.21. The van der Waals surface area contributed by atoms with Gasteiger partial charge in [0.1, 0.15) is 6.54 Å². The molecule has 2 aromatic rings. The zero-order valence-electron chi connectivity index (χ0n) is 13.3. The molecule has 1 fully saturated rings. The second kappa shape index (κ2) is 6.66. The van der Waals surface area contributed by atoms with Crippen molar-refractivity contribution in [2.24, 2.45) is 11.8 Å². The van der Waals surface area contributed by atoms with Crippen molar-refractivity contribution in [3.8, 4) is 11.4 Å². The average molecular weight is 334 g/mol. The van der Waals surface area contributed by atoms with Gasteiger partial charge >= 0.3 is 0 Å². The molecule has 0 saturated carbocycles. The van der Waals surface area contributed by atoms with E-state index in [-0.39, 0.29) is 12.5 Å². The fourth-order valence-corrected chi connectivity index (χ4v) is 3.37. The molecule has 122 valence electrons. The molecular weight excluding hydrogens is 314 g/mol. The van der Waals surface area contributed by atoms with Gasteiger partial charge in [0.05, 0.1) is 5.02 Å². The molecule has 1 saturated heterocycles. The van der Waals surface area contributed by atoms with Gasteiger partial charge in [-0.05, 0) is 35.6 Å². The maximum absolute atomic E-state index is 12.4. The van der Waals surface area contributed by atoms with Crippen LogP contribution in [0.3, 0.4) is 0 Å². The maximum atomic E-state index is 12.4. The summed E-state index contributed by atoms with van der Waals surface area (Å²) in [5.74, 6) is 1.53. The van der Waals surface area contributed by atoms with Crippen molar-refractivity contribution in [1.29, 1.82) is 0 Å². The Labute approximate surface area is 140 Å². The van der Waals surface area contributed by atoms with Gasteiger partial charge in [0.25, 0.3) is 0 Å². The van der Waals surface area contributed by atoms with E-state index in [1.165, 1.54) is 11.2 Å². The van der Waals surface area contributed by atoms with Gasteiger partial charge in [0.15, 0.2) is 0 Å². The van der Waals surface area contributed by atoms with E-state index < -0.39 is 0 Å². The summed E-state index contributed by atoms with van der Waals surface area (Å²) >= 11 is 6.14. The quantitative estimate of drug-likeness (QED) is 0.865. The molecule has 2 heterocycles. The van der Waals surface area contributed by atoms with Crippen LogP contribution in [0, 0.1) is 11.8 Å². The number of tetrazole rings is 1. The number of nitrogens with zero attached hydrogens (tertiary/aromatic N) is 5. The third-order valence-corrected chi connectivity index (χ3v) is 4.40. The number of piperidine rings is 1. The highest BCUT2D eigenvalue weighted by Crippen LogP contribution is 2.24. The predicted octanol–water partition coefficient (Wildman–Crippen LogP) is 2.50. The Balaban J connectivity index is 1.69. The molecule has 0 spiro atoms. The highest BCUT2D eigenvalue weighted by molar-refractivity contribution is 6.33. The number of benzene rings is 1. The minimum Gasteiger partial charge on any atom is -0.340 e. The molecule has 1 amide bonds. The summed E-state index contributed by atoms with van der Waals surface area (Å²) in [6.07, 6.45) is 1.17. The van der Waals surface area contributed by atoms with Crippen molar-refractivity contribution in [2.45, 2.75) is 26.8 Å². The molecule has 2 atom stereocenters. The van der Waals surface area contributed by atoms with E-state index in [1.807, 2.05) is 23.1 Å². The maximum Gasteiger partial charge on any atom is 0.246 e. The fraction of sp³-hybridized carbons (Fsp3) is 0.500. The van der Waals surface area contributed by atoms with Gasteiger partial charge < -0.3 is 4.90 Å². The first-order chi connectivity index (χ1) is 11.0. The van der Waals surface area contributed by atoms with Crippen molar-refractivity contribution in [3.05, 3.63) is 29.3 Å². The monoisotopic (exact) mass is 333 g/mol. The molecule has 7 heteroatoms. The van der Waals surface area contributed by atoms with Gasteiger partial charge in [-0.1, -0.05) is 37.6 Å². The largest absolute Gasteiger partial charge is 0.340 e. The van der Waals surface area contributed by atoms with E-state index in [0.29, 0.717) is 28.2 Å². The Morgan fingerprint density at radius 2 is 1.96 bits per heavy atom. The predicted molar refractivity (Wildman–Crippen MR) is 87.8 cm³/mol. The van der Waals surface area contributed by atoms with E-state index in [9.17, 15) is 4.79 Å². The van der Waals surface area contributed by atoms with E-state index >= 15 is 0 Å². The minimum absolute atomic E-state index is 0.0338. The van der Waals surface area contributed by atoms with Crippen LogP contribution >= 0.6 is 11.6 Å². The lowest BCUT2D eigenvalue weighted by Gasteiger charge is -2.34. The second-order valence-corrected chi connectivity index (χ2v) is 6.78. The van der Waals surface area contributed by atoms with Crippen LogP contribution in [0.2, 0.25) is 5.02 Å². The summed E-state index contributed by atoms with van der Waals surface area (Å²) in [7, 11) is 0. The Morgan fingerprint density at radius 1 is 1.26 bits per heavy atom. The zero-order valence-corrected chi connectivity index (χ0v) is 14.1. The topological polar surface area (TPSA) is 63.9 Å². The van der Waals surface area contributed by atoms with Crippen molar-refractivity contribution in [3.63, 3.8) is 0 Å². The van der Waals surface area contributed by atoms with Crippen molar-refractivity contribution in [1.82, 2.24) is 25.1 Å². The third-order valence-electron chi connectivity index (χ3n) is 4.07. The van der Waals surface area contributed by atoms with Crippen molar-refractivity contribution >= 4 is 17.5 Å². The lowest BCUT2D eigenvalue weighted by Crippen LogP contribution is -2.44. The summed E-state index contributed by atoms with van der Waals surface area (Å²) in [5, 5.41) is 12.8. The number of hydrogen-bond donors (Lipinski definition) is 0. The Bertz CT molecular complexity index is 691. The van der Waals surface area contributed by atoms with Crippen LogP contribution < -0.4 is 0 Å². The molecule has 1 aromatic carbocycles. The van der Waals surface area contributed by atoms with Gasteiger partial charge in [-0.3, -0.25) is 4.79 Å². The van der Waals surface area contributed by atoms with Gasteiger partial charge in [-0.25, -0.2) is 0 Å². The number of amides is 1. The molecular formula is C16H20ClN5O. The number of hydrogen-bond acceptors (Lipinski definition) is 4. The van der Waals surface area contributed by atoms with Gasteiger partial charge in [-0.15, -0.1) is 10.2 Å². The second-order valence-electron chi connectivity index (χ2n) is 6.37.